The maximum absolute atomic E-state index is 5.87. The second-order valence-electron chi connectivity index (χ2n) is 3.25. The maximum Gasteiger partial charge on any atom is 0.148 e. The second kappa shape index (κ2) is 5.75. The van der Waals surface area contributed by atoms with Crippen LogP contribution in [-0.4, -0.2) is 15.0 Å². The molecule has 0 aliphatic rings. The lowest BCUT2D eigenvalue weighted by Gasteiger charge is -2.05. The third kappa shape index (κ3) is 3.14. The van der Waals surface area contributed by atoms with E-state index >= 15 is 0 Å². The van der Waals surface area contributed by atoms with Crippen molar-refractivity contribution in [3.8, 4) is 0 Å². The lowest BCUT2D eigenvalue weighted by molar-refractivity contribution is 1.05. The van der Waals surface area contributed by atoms with Gasteiger partial charge in [-0.05, 0) is 22.4 Å². The lowest BCUT2D eigenvalue weighted by Crippen LogP contribution is -2.02. The molecule has 0 aliphatic heterocycles. The molecule has 2 heterocycles. The van der Waals surface area contributed by atoms with E-state index in [0.717, 1.165) is 11.4 Å². The number of aromatic nitrogens is 3. The fourth-order valence-electron chi connectivity index (χ4n) is 1.22. The molecule has 0 atom stereocenters. The predicted octanol–water partition coefficient (Wildman–Crippen LogP) is 3.52. The molecule has 0 amide bonds. The number of rotatable bonds is 4. The van der Waals surface area contributed by atoms with Crippen LogP contribution in [0.4, 0.5) is 5.82 Å². The van der Waals surface area contributed by atoms with Crippen LogP contribution in [0.15, 0.2) is 17.0 Å². The summed E-state index contributed by atoms with van der Waals surface area (Å²) in [7, 11) is 0. The van der Waals surface area contributed by atoms with Crippen molar-refractivity contribution in [1.29, 1.82) is 0 Å². The normalized spacial score (nSPS) is 10.5. The summed E-state index contributed by atoms with van der Waals surface area (Å²) in [5, 5.41) is 4.60. The van der Waals surface area contributed by atoms with Gasteiger partial charge in [0.25, 0.3) is 0 Å². The van der Waals surface area contributed by atoms with E-state index < -0.39 is 0 Å². The topological polar surface area (TPSA) is 50.7 Å². The lowest BCUT2D eigenvalue weighted by atomic mass is 10.4. The Morgan fingerprint density at radius 1 is 1.41 bits per heavy atom. The largest absolute Gasteiger partial charge is 0.362 e. The van der Waals surface area contributed by atoms with Crippen molar-refractivity contribution in [2.24, 2.45) is 0 Å². The van der Waals surface area contributed by atoms with Gasteiger partial charge in [0.1, 0.15) is 22.3 Å². The Kier molecular flexibility index (Phi) is 4.31. The first-order valence-corrected chi connectivity index (χ1v) is 7.03. The average Bonchev–Trinajstić information content (AvgIpc) is 2.79. The van der Waals surface area contributed by atoms with E-state index in [1.165, 1.54) is 11.2 Å². The summed E-state index contributed by atoms with van der Waals surface area (Å²) in [5.74, 6) is 0.679. The summed E-state index contributed by atoms with van der Waals surface area (Å²) in [4.78, 5) is 13.6. The van der Waals surface area contributed by atoms with Gasteiger partial charge in [-0.3, -0.25) is 0 Å². The maximum atomic E-state index is 5.87. The molecule has 7 heteroatoms. The summed E-state index contributed by atoms with van der Waals surface area (Å²) >= 11 is 10.9. The molecule has 0 bridgehead atoms. The molecule has 1 N–H and O–H groups in total. The number of nitrogens with one attached hydrogen (secondary N) is 1. The van der Waals surface area contributed by atoms with Gasteiger partial charge in [-0.15, -0.1) is 11.3 Å². The molecule has 2 rings (SSSR count). The van der Waals surface area contributed by atoms with Crippen LogP contribution < -0.4 is 5.32 Å². The van der Waals surface area contributed by atoms with Crippen LogP contribution in [0, 0.1) is 0 Å². The Labute approximate surface area is 117 Å². The van der Waals surface area contributed by atoms with E-state index in [1.54, 1.807) is 11.3 Å². The summed E-state index contributed by atoms with van der Waals surface area (Å²) in [6, 6.07) is 0. The van der Waals surface area contributed by atoms with Gasteiger partial charge in [0.2, 0.25) is 0 Å². The van der Waals surface area contributed by atoms with Crippen molar-refractivity contribution in [3.63, 3.8) is 0 Å². The van der Waals surface area contributed by atoms with Crippen LogP contribution >= 0.6 is 38.9 Å². The first-order valence-electron chi connectivity index (χ1n) is 5.04. The highest BCUT2D eigenvalue weighted by Crippen LogP contribution is 2.26. The Morgan fingerprint density at radius 2 is 2.24 bits per heavy atom. The highest BCUT2D eigenvalue weighted by molar-refractivity contribution is 9.10. The van der Waals surface area contributed by atoms with Gasteiger partial charge < -0.3 is 5.32 Å². The quantitative estimate of drug-likeness (QED) is 0.870. The number of hydrogen-bond donors (Lipinski definition) is 1. The van der Waals surface area contributed by atoms with Gasteiger partial charge in [-0.2, -0.15) is 0 Å². The molecular weight excluding hydrogens is 324 g/mol. The minimum atomic E-state index is 0.399. The van der Waals surface area contributed by atoms with Crippen molar-refractivity contribution in [3.05, 3.63) is 32.0 Å². The van der Waals surface area contributed by atoms with Crippen LogP contribution in [-0.2, 0) is 13.0 Å². The van der Waals surface area contributed by atoms with Crippen LogP contribution in [0.5, 0.6) is 0 Å². The molecule has 0 fully saturated rings. The molecule has 0 aliphatic carbocycles. The highest BCUT2D eigenvalue weighted by Gasteiger charge is 2.07. The molecular formula is C10H10BrClN4S. The molecule has 0 saturated heterocycles. The number of thiazole rings is 1. The van der Waals surface area contributed by atoms with Crippen molar-refractivity contribution >= 4 is 44.7 Å². The molecule has 17 heavy (non-hydrogen) atoms. The first kappa shape index (κ1) is 12.7. The molecule has 0 aromatic carbocycles. The zero-order chi connectivity index (χ0) is 12.3. The van der Waals surface area contributed by atoms with Gasteiger partial charge >= 0.3 is 0 Å². The van der Waals surface area contributed by atoms with Gasteiger partial charge in [0.15, 0.2) is 0 Å². The van der Waals surface area contributed by atoms with Crippen molar-refractivity contribution in [2.75, 3.05) is 5.32 Å². The van der Waals surface area contributed by atoms with Crippen LogP contribution in [0.3, 0.4) is 0 Å². The molecule has 0 spiro atoms. The number of halogens is 2. The fraction of sp³-hybridized carbons (Fsp3) is 0.300. The molecule has 4 nitrogen and oxygen atoms in total. The summed E-state index contributed by atoms with van der Waals surface area (Å²) < 4.78 is 0.675. The van der Waals surface area contributed by atoms with E-state index in [0.29, 0.717) is 22.0 Å². The Balaban J connectivity index is 2.04. The Hall–Kier alpha value is -0.720. The molecule has 0 radical (unpaired) electrons. The zero-order valence-corrected chi connectivity index (χ0v) is 12.2. The van der Waals surface area contributed by atoms with Gasteiger partial charge in [0, 0.05) is 11.1 Å². The minimum Gasteiger partial charge on any atom is -0.362 e. The van der Waals surface area contributed by atoms with Gasteiger partial charge in [0.05, 0.1) is 11.0 Å². The predicted molar refractivity (Wildman–Crippen MR) is 73.6 cm³/mol. The van der Waals surface area contributed by atoms with E-state index in [9.17, 15) is 0 Å². The molecule has 90 valence electrons. The fourth-order valence-corrected chi connectivity index (χ4v) is 2.50. The third-order valence-corrected chi connectivity index (χ3v) is 4.51. The molecule has 0 unspecified atom stereocenters. The van der Waals surface area contributed by atoms with Crippen molar-refractivity contribution in [2.45, 2.75) is 19.9 Å². The number of aryl methyl sites for hydroxylation is 1. The minimum absolute atomic E-state index is 0.399. The summed E-state index contributed by atoms with van der Waals surface area (Å²) in [6.45, 7) is 2.75. The van der Waals surface area contributed by atoms with E-state index in [-0.39, 0.29) is 0 Å². The molecule has 2 aromatic rings. The Bertz CT molecular complexity index is 517. The van der Waals surface area contributed by atoms with E-state index in [1.807, 2.05) is 6.20 Å². The van der Waals surface area contributed by atoms with Gasteiger partial charge in [-0.1, -0.05) is 18.5 Å². The van der Waals surface area contributed by atoms with Gasteiger partial charge in [-0.25, -0.2) is 15.0 Å². The summed E-state index contributed by atoms with van der Waals surface area (Å²) in [5.41, 5.74) is 0. The SMILES string of the molecule is CCc1cnc(CNc2ncnc(Cl)c2Br)s1. The van der Waals surface area contributed by atoms with Crippen molar-refractivity contribution < 1.29 is 0 Å². The number of anilines is 1. The first-order chi connectivity index (χ1) is 8.20. The average molecular weight is 334 g/mol. The number of hydrogen-bond acceptors (Lipinski definition) is 5. The van der Waals surface area contributed by atoms with E-state index in [2.05, 4.69) is 43.1 Å². The van der Waals surface area contributed by atoms with Crippen LogP contribution in [0.2, 0.25) is 5.15 Å². The second-order valence-corrected chi connectivity index (χ2v) is 5.61. The third-order valence-electron chi connectivity index (χ3n) is 2.10. The van der Waals surface area contributed by atoms with Crippen molar-refractivity contribution in [1.82, 2.24) is 15.0 Å². The van der Waals surface area contributed by atoms with E-state index in [4.69, 9.17) is 11.6 Å². The number of nitrogens with zero attached hydrogens (tertiary/aromatic N) is 3. The highest BCUT2D eigenvalue weighted by atomic mass is 79.9. The standard InChI is InChI=1S/C10H10BrClN4S/c1-2-6-3-13-7(17-6)4-14-10-8(11)9(12)15-5-16-10/h3,5H,2,4H2,1H3,(H,14,15,16). The molecule has 2 aromatic heterocycles. The molecule has 0 saturated carbocycles. The van der Waals surface area contributed by atoms with Crippen LogP contribution in [0.1, 0.15) is 16.8 Å². The van der Waals surface area contributed by atoms with Crippen LogP contribution in [0.25, 0.3) is 0 Å². The zero-order valence-electron chi connectivity index (χ0n) is 9.07. The summed E-state index contributed by atoms with van der Waals surface area (Å²) in [6.07, 6.45) is 4.35. The Morgan fingerprint density at radius 3 is 2.94 bits per heavy atom. The monoisotopic (exact) mass is 332 g/mol. The smallest absolute Gasteiger partial charge is 0.148 e.